The van der Waals surface area contributed by atoms with Crippen molar-refractivity contribution in [3.63, 3.8) is 0 Å². The molecule has 0 atom stereocenters. The van der Waals surface area contributed by atoms with Gasteiger partial charge in [-0.25, -0.2) is 0 Å². The summed E-state index contributed by atoms with van der Waals surface area (Å²) in [5, 5.41) is 0. The van der Waals surface area contributed by atoms with E-state index in [0.717, 1.165) is 41.8 Å². The third-order valence-electron chi connectivity index (χ3n) is 4.68. The van der Waals surface area contributed by atoms with Crippen LogP contribution in [0.1, 0.15) is 46.2 Å². The molecule has 3 rings (SSSR count). The molecule has 0 heterocycles. The number of aliphatic imine (C=N–C) groups is 1. The van der Waals surface area contributed by atoms with Crippen LogP contribution < -0.4 is 4.74 Å². The summed E-state index contributed by atoms with van der Waals surface area (Å²) in [6.07, 6.45) is 3.32. The van der Waals surface area contributed by atoms with Crippen molar-refractivity contribution in [3.8, 4) is 5.75 Å². The van der Waals surface area contributed by atoms with Crippen LogP contribution in [0.15, 0.2) is 23.2 Å². The van der Waals surface area contributed by atoms with E-state index < -0.39 is 0 Å². The van der Waals surface area contributed by atoms with Crippen LogP contribution in [0.5, 0.6) is 5.75 Å². The van der Waals surface area contributed by atoms with E-state index in [0.29, 0.717) is 0 Å². The average molecular weight is 641 g/mol. The Bertz CT molecular complexity index is 776. The predicted molar refractivity (Wildman–Crippen MR) is 117 cm³/mol. The quantitative estimate of drug-likeness (QED) is 0.271. The zero-order chi connectivity index (χ0) is 18.6. The number of ether oxygens (including phenoxy) is 1. The molecule has 0 aliphatic heterocycles. The van der Waals surface area contributed by atoms with Crippen LogP contribution in [0.2, 0.25) is 0 Å². The van der Waals surface area contributed by atoms with E-state index in [-0.39, 0.29) is 7.43 Å². The molecule has 1 aliphatic carbocycles. The summed E-state index contributed by atoms with van der Waals surface area (Å²) in [6.45, 7) is 8.44. The number of fused-ring (bicyclic) bond motifs is 1. The van der Waals surface area contributed by atoms with Gasteiger partial charge in [-0.3, -0.25) is 0 Å². The molecule has 0 unspecified atom stereocenters. The van der Waals surface area contributed by atoms with Crippen molar-refractivity contribution < 1.29 is 20.1 Å². The Morgan fingerprint density at radius 1 is 1.00 bits per heavy atom. The van der Waals surface area contributed by atoms with Gasteiger partial charge in [-0.15, -0.1) is 34.4 Å². The van der Waals surface area contributed by atoms with Gasteiger partial charge in [0, 0.05) is 0 Å². The molecule has 1 aliphatic rings. The number of halogens is 1. The summed E-state index contributed by atoms with van der Waals surface area (Å²) in [7, 11) is 1.72. The normalized spacial score (nSPS) is 14.0. The van der Waals surface area contributed by atoms with E-state index >= 15 is 0 Å². The molecule has 0 spiro atoms. The van der Waals surface area contributed by atoms with E-state index in [1.807, 2.05) is 15.3 Å². The second-order valence-electron chi connectivity index (χ2n) is 6.50. The Kier molecular flexibility index (Phi) is 9.49. The van der Waals surface area contributed by atoms with Crippen LogP contribution in [0.4, 0.5) is 5.69 Å². The minimum absolute atomic E-state index is 0. The summed E-state index contributed by atoms with van der Waals surface area (Å²) in [6, 6.07) is 10.1. The first-order valence-corrected chi connectivity index (χ1v) is 15.2. The zero-order valence-electron chi connectivity index (χ0n) is 16.4. The van der Waals surface area contributed by atoms with Gasteiger partial charge in [0.15, 0.2) is 0 Å². The number of hydrogen-bond donors (Lipinski definition) is 0. The monoisotopic (exact) mass is 641 g/mol. The van der Waals surface area contributed by atoms with Gasteiger partial charge in [0.25, 0.3) is 0 Å². The van der Waals surface area contributed by atoms with E-state index in [1.165, 1.54) is 28.0 Å². The van der Waals surface area contributed by atoms with Gasteiger partial charge in [-0.05, 0) is 49.2 Å². The van der Waals surface area contributed by atoms with Crippen LogP contribution in [0, 0.1) is 41.2 Å². The number of methoxy groups -OCH3 is 1. The molecular weight excluding hydrogens is 613 g/mol. The van der Waals surface area contributed by atoms with Gasteiger partial charge in [0.05, 0.1) is 12.8 Å². The average Bonchev–Trinajstić information content (AvgIpc) is 2.58. The van der Waals surface area contributed by atoms with Gasteiger partial charge in [0.1, 0.15) is 5.75 Å². The van der Waals surface area contributed by atoms with Gasteiger partial charge in [-0.1, -0.05) is 26.7 Å². The number of rotatable bonds is 2. The molecule has 0 N–H and O–H groups in total. The molecule has 0 bridgehead atoms. The third kappa shape index (κ3) is 5.17. The Morgan fingerprint density at radius 3 is 2.19 bits per heavy atom. The molecule has 0 amide bonds. The van der Waals surface area contributed by atoms with Crippen molar-refractivity contribution in [1.82, 2.24) is 0 Å². The molecule has 2 aromatic carbocycles. The molecule has 26 heavy (non-hydrogen) atoms. The van der Waals surface area contributed by atoms with Crippen molar-refractivity contribution in [2.75, 3.05) is 7.11 Å². The zero-order valence-corrected chi connectivity index (χ0v) is 21.0. The fourth-order valence-corrected chi connectivity index (χ4v) is 3.42. The molecule has 0 aromatic heterocycles. The van der Waals surface area contributed by atoms with Gasteiger partial charge in [0.2, 0.25) is 0 Å². The van der Waals surface area contributed by atoms with Crippen LogP contribution in [-0.2, 0) is 21.7 Å². The first kappa shape index (κ1) is 23.3. The van der Waals surface area contributed by atoms with E-state index in [9.17, 15) is 0 Å². The molecule has 142 valence electrons. The molecule has 0 saturated heterocycles. The van der Waals surface area contributed by atoms with Crippen LogP contribution in [-0.4, -0.2) is 12.8 Å². The second-order valence-corrected chi connectivity index (χ2v) is 6.50. The molecular formula is C22H27IIrNO. The van der Waals surface area contributed by atoms with Crippen molar-refractivity contribution >= 4 is 31.0 Å². The number of aryl methyl sites for hydroxylation is 5. The second kappa shape index (κ2) is 10.6. The number of nitrogens with zero attached hydrogens (tertiary/aromatic N) is 1. The van der Waals surface area contributed by atoms with Crippen molar-refractivity contribution in [2.24, 2.45) is 4.99 Å². The topological polar surface area (TPSA) is 21.6 Å². The van der Waals surface area contributed by atoms with Crippen LogP contribution in [0.3, 0.4) is 0 Å². The number of benzene rings is 2. The molecule has 0 radical (unpaired) electrons. The van der Waals surface area contributed by atoms with Crippen LogP contribution >= 0.6 is 19.6 Å². The Hall–Kier alpha value is -0.711. The molecule has 0 saturated carbocycles. The summed E-state index contributed by atoms with van der Waals surface area (Å²) in [5.41, 5.74) is 9.58. The molecule has 4 heteroatoms. The van der Waals surface area contributed by atoms with Crippen molar-refractivity contribution in [3.05, 3.63) is 65.1 Å². The van der Waals surface area contributed by atoms with Crippen molar-refractivity contribution in [2.45, 2.75) is 47.0 Å². The standard InChI is InChI=1S/C21H24NO.CH3.HI.Ir/c1-13-9-17-7-6-8-20(19(17)12-14(13)2)22-18-10-15(3)21(23-5)16(4)11-18;;;/h9-11H,6-8H2,1-5H3;1H3;1H;/q2*-1;;+3/p-1. The summed E-state index contributed by atoms with van der Waals surface area (Å²) >= 11 is 4.12. The summed E-state index contributed by atoms with van der Waals surface area (Å²) in [5.74, 6) is 0.955. The number of hydrogen-bond acceptors (Lipinski definition) is 2. The van der Waals surface area contributed by atoms with Gasteiger partial charge < -0.3 is 17.2 Å². The molecule has 2 nitrogen and oxygen atoms in total. The third-order valence-corrected chi connectivity index (χ3v) is 4.68. The Balaban J connectivity index is 0.00000109. The first-order chi connectivity index (χ1) is 12.0. The van der Waals surface area contributed by atoms with E-state index in [1.54, 1.807) is 7.11 Å². The SMILES string of the molecule is COc1c(C)cc(N=C2CCCc3cc(C)c(C)[c-]c32)cc1C.[CH3-].[I][Ir+2]. The fourth-order valence-electron chi connectivity index (χ4n) is 3.42. The van der Waals surface area contributed by atoms with Gasteiger partial charge >= 0.3 is 34.9 Å². The fraction of sp³-hybridized carbons (Fsp3) is 0.364. The minimum atomic E-state index is 0. The van der Waals surface area contributed by atoms with Gasteiger partial charge in [-0.2, -0.15) is 0 Å². The first-order valence-electron chi connectivity index (χ1n) is 8.37. The Labute approximate surface area is 180 Å². The van der Waals surface area contributed by atoms with E-state index in [4.69, 9.17) is 9.73 Å². The van der Waals surface area contributed by atoms with Crippen molar-refractivity contribution in [1.29, 1.82) is 0 Å². The van der Waals surface area contributed by atoms with Crippen LogP contribution in [0.25, 0.3) is 0 Å². The predicted octanol–water partition coefficient (Wildman–Crippen LogP) is 6.52. The summed E-state index contributed by atoms with van der Waals surface area (Å²) < 4.78 is 5.45. The summed E-state index contributed by atoms with van der Waals surface area (Å²) in [4.78, 5) is 4.96. The molecule has 0 fully saturated rings. The maximum atomic E-state index is 5.45. The maximum absolute atomic E-state index is 5.45. The molecule has 2 aromatic rings. The Morgan fingerprint density at radius 2 is 1.62 bits per heavy atom. The van der Waals surface area contributed by atoms with E-state index in [2.05, 4.69) is 71.6 Å².